The van der Waals surface area contributed by atoms with Crippen LogP contribution < -0.4 is 5.32 Å². The third-order valence-corrected chi connectivity index (χ3v) is 3.51. The van der Waals surface area contributed by atoms with Crippen molar-refractivity contribution < 1.29 is 27.9 Å². The average Bonchev–Trinajstić information content (AvgIpc) is 2.30. The van der Waals surface area contributed by atoms with E-state index >= 15 is 0 Å². The van der Waals surface area contributed by atoms with Crippen LogP contribution in [-0.2, 0) is 9.59 Å². The predicted octanol–water partition coefficient (Wildman–Crippen LogP) is 1.05. The molecule has 118 valence electrons. The SMILES string of the molecule is CN(C)CCC(CSCCNC(=O)C(F)(F)F)C(=O)O. The molecule has 0 saturated carbocycles. The molecule has 0 saturated heterocycles. The molecule has 0 rings (SSSR count). The summed E-state index contributed by atoms with van der Waals surface area (Å²) >= 11 is 1.21. The number of hydrogen-bond donors (Lipinski definition) is 2. The molecular weight excluding hydrogens is 297 g/mol. The molecule has 5 nitrogen and oxygen atoms in total. The highest BCUT2D eigenvalue weighted by molar-refractivity contribution is 7.99. The summed E-state index contributed by atoms with van der Waals surface area (Å²) in [6, 6.07) is 0. The van der Waals surface area contributed by atoms with Gasteiger partial charge in [0.15, 0.2) is 0 Å². The molecule has 0 radical (unpaired) electrons. The molecule has 0 aromatic heterocycles. The van der Waals surface area contributed by atoms with Crippen LogP contribution >= 0.6 is 11.8 Å². The summed E-state index contributed by atoms with van der Waals surface area (Å²) in [5.74, 6) is -2.88. The fourth-order valence-corrected chi connectivity index (χ4v) is 2.26. The molecule has 1 amide bonds. The Bertz CT molecular complexity index is 325. The number of alkyl halides is 3. The van der Waals surface area contributed by atoms with Crippen molar-refractivity contribution in [2.24, 2.45) is 5.92 Å². The van der Waals surface area contributed by atoms with Crippen LogP contribution in [0.1, 0.15) is 6.42 Å². The maximum atomic E-state index is 11.9. The second kappa shape index (κ2) is 9.06. The molecule has 0 spiro atoms. The Kier molecular flexibility index (Phi) is 8.63. The zero-order chi connectivity index (χ0) is 15.8. The van der Waals surface area contributed by atoms with Gasteiger partial charge in [0.1, 0.15) is 0 Å². The van der Waals surface area contributed by atoms with Gasteiger partial charge in [-0.05, 0) is 27.1 Å². The van der Waals surface area contributed by atoms with Crippen molar-refractivity contribution >= 4 is 23.6 Å². The highest BCUT2D eigenvalue weighted by Crippen LogP contribution is 2.15. The van der Waals surface area contributed by atoms with Gasteiger partial charge in [-0.3, -0.25) is 9.59 Å². The molecular formula is C11H19F3N2O3S. The normalized spacial score (nSPS) is 13.3. The molecule has 0 aliphatic carbocycles. The smallest absolute Gasteiger partial charge is 0.471 e. The van der Waals surface area contributed by atoms with Crippen LogP contribution in [0.25, 0.3) is 0 Å². The Balaban J connectivity index is 3.85. The van der Waals surface area contributed by atoms with Gasteiger partial charge in [0, 0.05) is 18.1 Å². The largest absolute Gasteiger partial charge is 0.481 e. The maximum Gasteiger partial charge on any atom is 0.471 e. The van der Waals surface area contributed by atoms with Crippen LogP contribution in [-0.4, -0.2) is 66.7 Å². The fourth-order valence-electron chi connectivity index (χ4n) is 1.25. The highest BCUT2D eigenvalue weighted by Gasteiger charge is 2.38. The summed E-state index contributed by atoms with van der Waals surface area (Å²) < 4.78 is 35.6. The Hall–Kier alpha value is -0.960. The van der Waals surface area contributed by atoms with Crippen molar-refractivity contribution in [3.8, 4) is 0 Å². The summed E-state index contributed by atoms with van der Waals surface area (Å²) in [5, 5.41) is 10.7. The molecule has 9 heteroatoms. The minimum absolute atomic E-state index is 0.136. The number of thioether (sulfide) groups is 1. The quantitative estimate of drug-likeness (QED) is 0.622. The van der Waals surface area contributed by atoms with E-state index in [4.69, 9.17) is 5.11 Å². The molecule has 0 fully saturated rings. The molecule has 0 aromatic rings. The van der Waals surface area contributed by atoms with Gasteiger partial charge in [0.2, 0.25) is 0 Å². The van der Waals surface area contributed by atoms with Gasteiger partial charge in [-0.25, -0.2) is 0 Å². The maximum absolute atomic E-state index is 11.9. The summed E-state index contributed by atoms with van der Waals surface area (Å²) in [6.07, 6.45) is -4.40. The number of carboxylic acid groups (broad SMARTS) is 1. The van der Waals surface area contributed by atoms with E-state index in [1.54, 1.807) is 5.32 Å². The number of carbonyl (C=O) groups is 2. The zero-order valence-corrected chi connectivity index (χ0v) is 12.2. The summed E-state index contributed by atoms with van der Waals surface area (Å²) in [5.41, 5.74) is 0. The van der Waals surface area contributed by atoms with Crippen molar-refractivity contribution in [2.45, 2.75) is 12.6 Å². The fraction of sp³-hybridized carbons (Fsp3) is 0.818. The third-order valence-electron chi connectivity index (χ3n) is 2.38. The lowest BCUT2D eigenvalue weighted by molar-refractivity contribution is -0.173. The molecule has 2 N–H and O–H groups in total. The van der Waals surface area contributed by atoms with E-state index in [0.717, 1.165) is 0 Å². The molecule has 0 aliphatic rings. The van der Waals surface area contributed by atoms with Crippen LogP contribution in [0.4, 0.5) is 13.2 Å². The van der Waals surface area contributed by atoms with Gasteiger partial charge in [0.05, 0.1) is 5.92 Å². The number of rotatable bonds is 9. The summed E-state index contributed by atoms with van der Waals surface area (Å²) in [4.78, 5) is 23.3. The first-order valence-corrected chi connectivity index (χ1v) is 7.10. The van der Waals surface area contributed by atoms with Crippen LogP contribution in [0, 0.1) is 5.92 Å². The van der Waals surface area contributed by atoms with E-state index in [1.165, 1.54) is 11.8 Å². The lowest BCUT2D eigenvalue weighted by atomic mass is 10.1. The molecule has 1 atom stereocenters. The van der Waals surface area contributed by atoms with Crippen molar-refractivity contribution in [3.63, 3.8) is 0 Å². The van der Waals surface area contributed by atoms with Crippen molar-refractivity contribution in [1.82, 2.24) is 10.2 Å². The van der Waals surface area contributed by atoms with Crippen molar-refractivity contribution in [1.29, 1.82) is 0 Å². The van der Waals surface area contributed by atoms with E-state index in [2.05, 4.69) is 0 Å². The monoisotopic (exact) mass is 316 g/mol. The van der Waals surface area contributed by atoms with Gasteiger partial charge in [-0.1, -0.05) is 0 Å². The van der Waals surface area contributed by atoms with Gasteiger partial charge >= 0.3 is 18.1 Å². The minimum atomic E-state index is -4.88. The Morgan fingerprint density at radius 1 is 1.35 bits per heavy atom. The number of nitrogens with one attached hydrogen (secondary N) is 1. The molecule has 0 bridgehead atoms. The van der Waals surface area contributed by atoms with Crippen molar-refractivity contribution in [3.05, 3.63) is 0 Å². The van der Waals surface area contributed by atoms with E-state index in [0.29, 0.717) is 18.7 Å². The zero-order valence-electron chi connectivity index (χ0n) is 11.4. The number of amides is 1. The summed E-state index contributed by atoms with van der Waals surface area (Å²) in [7, 11) is 3.66. The predicted molar refractivity (Wildman–Crippen MR) is 70.7 cm³/mol. The van der Waals surface area contributed by atoms with Crippen LogP contribution in [0.5, 0.6) is 0 Å². The number of hydrogen-bond acceptors (Lipinski definition) is 4. The van der Waals surface area contributed by atoms with Crippen LogP contribution in [0.3, 0.4) is 0 Å². The van der Waals surface area contributed by atoms with E-state index in [-0.39, 0.29) is 12.3 Å². The topological polar surface area (TPSA) is 69.6 Å². The van der Waals surface area contributed by atoms with Crippen molar-refractivity contribution in [2.75, 3.05) is 38.7 Å². The van der Waals surface area contributed by atoms with Gasteiger partial charge in [-0.15, -0.1) is 0 Å². The Labute approximate surface area is 119 Å². The molecule has 20 heavy (non-hydrogen) atoms. The molecule has 0 aromatic carbocycles. The van der Waals surface area contributed by atoms with Gasteiger partial charge < -0.3 is 15.3 Å². The number of carbonyl (C=O) groups excluding carboxylic acids is 1. The standard InChI is InChI=1S/C11H19F3N2O3S/c1-16(2)5-3-8(9(17)18)7-20-6-4-15-10(19)11(12,13)14/h8H,3-7H2,1-2H3,(H,15,19)(H,17,18). The Morgan fingerprint density at radius 2 is 1.95 bits per heavy atom. The van der Waals surface area contributed by atoms with E-state index in [9.17, 15) is 22.8 Å². The lowest BCUT2D eigenvalue weighted by Crippen LogP contribution is -2.38. The van der Waals surface area contributed by atoms with Gasteiger partial charge in [-0.2, -0.15) is 24.9 Å². The van der Waals surface area contributed by atoms with Crippen LogP contribution in [0.2, 0.25) is 0 Å². The third kappa shape index (κ3) is 9.03. The molecule has 0 heterocycles. The first-order chi connectivity index (χ1) is 9.14. The lowest BCUT2D eigenvalue weighted by Gasteiger charge is -2.15. The number of nitrogens with zero attached hydrogens (tertiary/aromatic N) is 1. The second-order valence-corrected chi connectivity index (χ2v) is 5.61. The number of aliphatic carboxylic acids is 1. The highest BCUT2D eigenvalue weighted by atomic mass is 32.2. The minimum Gasteiger partial charge on any atom is -0.481 e. The molecule has 0 aliphatic heterocycles. The summed E-state index contributed by atoms with van der Waals surface area (Å²) in [6.45, 7) is 0.491. The van der Waals surface area contributed by atoms with Gasteiger partial charge in [0.25, 0.3) is 0 Å². The first-order valence-electron chi connectivity index (χ1n) is 5.95. The second-order valence-electron chi connectivity index (χ2n) is 4.46. The number of halogens is 3. The number of carboxylic acids is 1. The Morgan fingerprint density at radius 3 is 2.40 bits per heavy atom. The molecule has 1 unspecified atom stereocenters. The van der Waals surface area contributed by atoms with E-state index in [1.807, 2.05) is 19.0 Å². The van der Waals surface area contributed by atoms with E-state index < -0.39 is 24.0 Å². The average molecular weight is 316 g/mol. The van der Waals surface area contributed by atoms with Crippen LogP contribution in [0.15, 0.2) is 0 Å². The first kappa shape index (κ1) is 19.0.